The Labute approximate surface area is 123 Å². The number of carbonyl (C=O) groups is 1. The fraction of sp³-hybridized carbons (Fsp3) is 0.545. The highest BCUT2D eigenvalue weighted by Crippen LogP contribution is 2.16. The smallest absolute Gasteiger partial charge is 0.279 e. The van der Waals surface area contributed by atoms with Crippen molar-refractivity contribution < 1.29 is 13.2 Å². The molecule has 1 aromatic heterocycles. The molecule has 0 aromatic carbocycles. The summed E-state index contributed by atoms with van der Waals surface area (Å²) in [5.41, 5.74) is 0.500. The van der Waals surface area contributed by atoms with Gasteiger partial charge in [0.15, 0.2) is 0 Å². The summed E-state index contributed by atoms with van der Waals surface area (Å²) >= 11 is 5.86. The van der Waals surface area contributed by atoms with Crippen molar-refractivity contribution in [3.05, 3.63) is 23.0 Å². The molecule has 0 atom stereocenters. The van der Waals surface area contributed by atoms with Crippen molar-refractivity contribution in [1.82, 2.24) is 18.5 Å². The summed E-state index contributed by atoms with van der Waals surface area (Å²) in [7, 11) is -0.295. The van der Waals surface area contributed by atoms with Crippen LogP contribution in [-0.2, 0) is 17.3 Å². The van der Waals surface area contributed by atoms with Gasteiger partial charge in [0.1, 0.15) is 5.69 Å². The zero-order valence-electron chi connectivity index (χ0n) is 11.3. The molecule has 1 N–H and O–H groups in total. The molecule has 0 bridgehead atoms. The first-order valence-electron chi connectivity index (χ1n) is 6.15. The van der Waals surface area contributed by atoms with Gasteiger partial charge in [-0.2, -0.15) is 12.7 Å². The van der Waals surface area contributed by atoms with Crippen LogP contribution < -0.4 is 4.72 Å². The second-order valence-corrected chi connectivity index (χ2v) is 6.87. The molecule has 1 fully saturated rings. The van der Waals surface area contributed by atoms with E-state index in [1.54, 1.807) is 28.8 Å². The molecule has 1 aliphatic heterocycles. The van der Waals surface area contributed by atoms with Crippen LogP contribution in [0.3, 0.4) is 0 Å². The molecular formula is C11H17ClN4O3S. The molecule has 20 heavy (non-hydrogen) atoms. The number of hydrogen-bond donors (Lipinski definition) is 1. The van der Waals surface area contributed by atoms with Gasteiger partial charge in [-0.3, -0.25) is 4.79 Å². The summed E-state index contributed by atoms with van der Waals surface area (Å²) in [4.78, 5) is 14.0. The van der Waals surface area contributed by atoms with Crippen LogP contribution in [0.4, 0.5) is 0 Å². The highest BCUT2D eigenvalue weighted by molar-refractivity contribution is 7.87. The Kier molecular flexibility index (Phi) is 4.38. The second kappa shape index (κ2) is 5.72. The minimum Gasteiger partial charge on any atom is -0.345 e. The van der Waals surface area contributed by atoms with Gasteiger partial charge in [-0.1, -0.05) is 11.6 Å². The van der Waals surface area contributed by atoms with Gasteiger partial charge in [0, 0.05) is 46.5 Å². The van der Waals surface area contributed by atoms with E-state index in [1.807, 2.05) is 0 Å². The second-order valence-electron chi connectivity index (χ2n) is 4.55. The van der Waals surface area contributed by atoms with Crippen LogP contribution in [0.15, 0.2) is 12.3 Å². The third kappa shape index (κ3) is 2.98. The lowest BCUT2D eigenvalue weighted by Gasteiger charge is -2.33. The lowest BCUT2D eigenvalue weighted by atomic mass is 10.3. The molecule has 0 saturated carbocycles. The Balaban J connectivity index is 2.04. The topological polar surface area (TPSA) is 74.7 Å². The summed E-state index contributed by atoms with van der Waals surface area (Å²) in [6.07, 6.45) is 1.66. The van der Waals surface area contributed by atoms with E-state index < -0.39 is 10.2 Å². The lowest BCUT2D eigenvalue weighted by molar-refractivity contribution is 0.0687. The van der Waals surface area contributed by atoms with Crippen molar-refractivity contribution in [2.24, 2.45) is 7.05 Å². The van der Waals surface area contributed by atoms with Crippen molar-refractivity contribution in [3.8, 4) is 0 Å². The summed E-state index contributed by atoms with van der Waals surface area (Å²) in [6.45, 7) is 1.30. The molecular weight excluding hydrogens is 304 g/mol. The maximum atomic E-state index is 12.3. The first kappa shape index (κ1) is 15.3. The third-order valence-corrected chi connectivity index (χ3v) is 5.08. The Bertz CT molecular complexity index is 605. The van der Waals surface area contributed by atoms with Gasteiger partial charge in [-0.05, 0) is 6.07 Å². The maximum Gasteiger partial charge on any atom is 0.279 e. The van der Waals surface area contributed by atoms with Gasteiger partial charge < -0.3 is 9.47 Å². The number of piperazine rings is 1. The van der Waals surface area contributed by atoms with E-state index in [2.05, 4.69) is 4.72 Å². The number of nitrogens with one attached hydrogen (secondary N) is 1. The Morgan fingerprint density at radius 3 is 2.35 bits per heavy atom. The number of carbonyl (C=O) groups excluding carboxylic acids is 1. The molecule has 1 aliphatic rings. The maximum absolute atomic E-state index is 12.3. The monoisotopic (exact) mass is 320 g/mol. The molecule has 1 amide bonds. The van der Waals surface area contributed by atoms with Crippen LogP contribution in [0.5, 0.6) is 0 Å². The van der Waals surface area contributed by atoms with E-state index in [4.69, 9.17) is 11.6 Å². The van der Waals surface area contributed by atoms with Gasteiger partial charge >= 0.3 is 0 Å². The van der Waals surface area contributed by atoms with E-state index >= 15 is 0 Å². The Morgan fingerprint density at radius 1 is 1.30 bits per heavy atom. The van der Waals surface area contributed by atoms with Crippen molar-refractivity contribution in [3.63, 3.8) is 0 Å². The van der Waals surface area contributed by atoms with Crippen molar-refractivity contribution in [2.75, 3.05) is 33.2 Å². The molecule has 0 spiro atoms. The molecule has 2 heterocycles. The number of amides is 1. The van der Waals surface area contributed by atoms with Gasteiger partial charge in [0.25, 0.3) is 16.1 Å². The lowest BCUT2D eigenvalue weighted by Crippen LogP contribution is -2.53. The molecule has 2 rings (SSSR count). The third-order valence-electron chi connectivity index (χ3n) is 3.31. The highest BCUT2D eigenvalue weighted by Gasteiger charge is 2.29. The van der Waals surface area contributed by atoms with Crippen LogP contribution in [0.2, 0.25) is 5.02 Å². The van der Waals surface area contributed by atoms with Crippen molar-refractivity contribution >= 4 is 27.7 Å². The zero-order valence-corrected chi connectivity index (χ0v) is 12.9. The quantitative estimate of drug-likeness (QED) is 0.845. The van der Waals surface area contributed by atoms with Crippen molar-refractivity contribution in [2.45, 2.75) is 0 Å². The molecule has 1 saturated heterocycles. The SMILES string of the molecule is CNS(=O)(=O)N1CCN(C(=O)c2cc(Cl)cn2C)CC1. The summed E-state index contributed by atoms with van der Waals surface area (Å²) in [5, 5.41) is 0.507. The van der Waals surface area contributed by atoms with Gasteiger partial charge in [0.05, 0.1) is 5.02 Å². The van der Waals surface area contributed by atoms with Crippen LogP contribution in [0, 0.1) is 0 Å². The fourth-order valence-electron chi connectivity index (χ4n) is 2.16. The van der Waals surface area contributed by atoms with Crippen molar-refractivity contribution in [1.29, 1.82) is 0 Å². The average Bonchev–Trinajstić information content (AvgIpc) is 2.77. The molecule has 0 unspecified atom stereocenters. The van der Waals surface area contributed by atoms with Gasteiger partial charge in [0.2, 0.25) is 0 Å². The summed E-state index contributed by atoms with van der Waals surface area (Å²) in [5.74, 6) is -0.138. The summed E-state index contributed by atoms with van der Waals surface area (Å²) in [6, 6.07) is 1.61. The molecule has 0 radical (unpaired) electrons. The minimum absolute atomic E-state index is 0.138. The molecule has 112 valence electrons. The Hall–Kier alpha value is -1.09. The zero-order chi connectivity index (χ0) is 14.9. The number of aromatic nitrogens is 1. The normalized spacial score (nSPS) is 17.4. The number of rotatable bonds is 3. The fourth-order valence-corrected chi connectivity index (χ4v) is 3.31. The highest BCUT2D eigenvalue weighted by atomic mass is 35.5. The van der Waals surface area contributed by atoms with Gasteiger partial charge in [-0.15, -0.1) is 0 Å². The van der Waals surface area contributed by atoms with E-state index in [9.17, 15) is 13.2 Å². The predicted molar refractivity (Wildman–Crippen MR) is 75.9 cm³/mol. The van der Waals surface area contributed by atoms with E-state index in [1.165, 1.54) is 11.4 Å². The summed E-state index contributed by atoms with van der Waals surface area (Å²) < 4.78 is 28.6. The van der Waals surface area contributed by atoms with E-state index in [0.29, 0.717) is 23.8 Å². The first-order valence-corrected chi connectivity index (χ1v) is 7.96. The number of hydrogen-bond acceptors (Lipinski definition) is 3. The van der Waals surface area contributed by atoms with Crippen LogP contribution >= 0.6 is 11.6 Å². The number of halogens is 1. The molecule has 1 aromatic rings. The molecule has 0 aliphatic carbocycles. The standard InChI is InChI=1S/C11H17ClN4O3S/c1-13-20(18,19)16-5-3-15(4-6-16)11(17)10-7-9(12)8-14(10)2/h7-8,13H,3-6H2,1-2H3. The largest absolute Gasteiger partial charge is 0.345 e. The average molecular weight is 321 g/mol. The molecule has 9 heteroatoms. The van der Waals surface area contributed by atoms with Gasteiger partial charge in [-0.25, -0.2) is 4.72 Å². The van der Waals surface area contributed by atoms with E-state index in [0.717, 1.165) is 0 Å². The van der Waals surface area contributed by atoms with E-state index in [-0.39, 0.29) is 19.0 Å². The van der Waals surface area contributed by atoms with Crippen LogP contribution in [0.25, 0.3) is 0 Å². The van der Waals surface area contributed by atoms with Crippen LogP contribution in [0.1, 0.15) is 10.5 Å². The number of nitrogens with zero attached hydrogens (tertiary/aromatic N) is 3. The Morgan fingerprint density at radius 2 is 1.90 bits per heavy atom. The van der Waals surface area contributed by atoms with Crippen LogP contribution in [-0.4, -0.2) is 61.3 Å². The molecule has 7 nitrogen and oxygen atoms in total. The first-order chi connectivity index (χ1) is 9.35. The predicted octanol–water partition coefficient (Wildman–Crippen LogP) is -0.0995. The number of aryl methyl sites for hydroxylation is 1. The minimum atomic E-state index is -3.42.